The molecule has 5 rings (SSSR count). The van der Waals surface area contributed by atoms with Crippen molar-refractivity contribution in [1.29, 1.82) is 0 Å². The zero-order valence-corrected chi connectivity index (χ0v) is 16.4. The van der Waals surface area contributed by atoms with Crippen LogP contribution in [-0.4, -0.2) is 36.3 Å². The lowest BCUT2D eigenvalue weighted by atomic mass is 10.2. The number of thiophene rings is 1. The summed E-state index contributed by atoms with van der Waals surface area (Å²) in [7, 11) is 0. The lowest BCUT2D eigenvalue weighted by molar-refractivity contribution is -0.922. The number of hydrogen-bond acceptors (Lipinski definition) is 5. The highest BCUT2D eigenvalue weighted by atomic mass is 32.1. The number of aryl methyl sites for hydroxylation is 3. The SMILES string of the molecule is Cc1ccc(Oc2nc(C[NH+]3CCOCC3)nc3sc4c(c23)CCC4)cc1. The minimum absolute atomic E-state index is 0.728. The van der Waals surface area contributed by atoms with E-state index in [9.17, 15) is 0 Å². The van der Waals surface area contributed by atoms with E-state index in [0.29, 0.717) is 0 Å². The molecule has 0 radical (unpaired) electrons. The van der Waals surface area contributed by atoms with E-state index in [-0.39, 0.29) is 0 Å². The van der Waals surface area contributed by atoms with Crippen LogP contribution in [0.15, 0.2) is 24.3 Å². The first-order chi connectivity index (χ1) is 13.3. The second-order valence-corrected chi connectivity index (χ2v) is 8.52. The van der Waals surface area contributed by atoms with Gasteiger partial charge < -0.3 is 14.4 Å². The molecule has 1 saturated heterocycles. The third-order valence-electron chi connectivity index (χ3n) is 5.42. The summed E-state index contributed by atoms with van der Waals surface area (Å²) in [6, 6.07) is 8.18. The summed E-state index contributed by atoms with van der Waals surface area (Å²) >= 11 is 1.82. The van der Waals surface area contributed by atoms with Crippen LogP contribution in [0.1, 0.15) is 28.2 Å². The van der Waals surface area contributed by atoms with Gasteiger partial charge in [-0.3, -0.25) is 0 Å². The van der Waals surface area contributed by atoms with Crippen LogP contribution < -0.4 is 9.64 Å². The molecule has 3 heterocycles. The number of nitrogens with one attached hydrogen (secondary N) is 1. The lowest BCUT2D eigenvalue weighted by Crippen LogP contribution is -3.12. The van der Waals surface area contributed by atoms with Crippen LogP contribution in [0, 0.1) is 6.92 Å². The highest BCUT2D eigenvalue weighted by Gasteiger charge is 2.25. The molecule has 0 amide bonds. The number of benzene rings is 1. The first kappa shape index (κ1) is 17.1. The van der Waals surface area contributed by atoms with Crippen molar-refractivity contribution in [3.05, 3.63) is 46.1 Å². The van der Waals surface area contributed by atoms with Crippen molar-refractivity contribution < 1.29 is 14.4 Å². The van der Waals surface area contributed by atoms with Crippen molar-refractivity contribution in [3.63, 3.8) is 0 Å². The van der Waals surface area contributed by atoms with Crippen LogP contribution in [0.5, 0.6) is 11.6 Å². The van der Waals surface area contributed by atoms with Gasteiger partial charge in [-0.05, 0) is 43.9 Å². The minimum Gasteiger partial charge on any atom is -0.438 e. The molecule has 5 nitrogen and oxygen atoms in total. The van der Waals surface area contributed by atoms with Crippen molar-refractivity contribution in [2.24, 2.45) is 0 Å². The van der Waals surface area contributed by atoms with Gasteiger partial charge in [-0.25, -0.2) is 4.98 Å². The number of morpholine rings is 1. The number of nitrogens with zero attached hydrogens (tertiary/aromatic N) is 2. The molecule has 0 bridgehead atoms. The van der Waals surface area contributed by atoms with Gasteiger partial charge in [-0.1, -0.05) is 17.7 Å². The Morgan fingerprint density at radius 1 is 1.11 bits per heavy atom. The minimum atomic E-state index is 0.728. The molecule has 6 heteroatoms. The third kappa shape index (κ3) is 3.45. The van der Waals surface area contributed by atoms with Crippen molar-refractivity contribution in [2.75, 3.05) is 26.3 Å². The summed E-state index contributed by atoms with van der Waals surface area (Å²) in [6.45, 7) is 6.57. The highest BCUT2D eigenvalue weighted by Crippen LogP contribution is 2.41. The summed E-state index contributed by atoms with van der Waals surface area (Å²) in [5.41, 5.74) is 2.63. The molecule has 0 saturated carbocycles. The van der Waals surface area contributed by atoms with Gasteiger partial charge in [-0.15, -0.1) is 11.3 Å². The smallest absolute Gasteiger partial charge is 0.231 e. The fourth-order valence-corrected chi connectivity index (χ4v) is 5.21. The number of ether oxygens (including phenoxy) is 2. The van der Waals surface area contributed by atoms with E-state index in [1.807, 2.05) is 23.5 Å². The predicted molar refractivity (Wildman–Crippen MR) is 106 cm³/mol. The number of fused-ring (bicyclic) bond motifs is 3. The maximum absolute atomic E-state index is 6.28. The zero-order chi connectivity index (χ0) is 18.2. The summed E-state index contributed by atoms with van der Waals surface area (Å²) in [4.78, 5) is 13.8. The van der Waals surface area contributed by atoms with Crippen LogP contribution in [-0.2, 0) is 24.1 Å². The molecule has 1 N–H and O–H groups in total. The van der Waals surface area contributed by atoms with Gasteiger partial charge in [0, 0.05) is 4.88 Å². The Bertz CT molecular complexity index is 962. The molecule has 1 fully saturated rings. The van der Waals surface area contributed by atoms with Crippen molar-refractivity contribution >= 4 is 21.6 Å². The van der Waals surface area contributed by atoms with E-state index < -0.39 is 0 Å². The molecule has 2 aromatic heterocycles. The zero-order valence-electron chi connectivity index (χ0n) is 15.6. The van der Waals surface area contributed by atoms with Crippen molar-refractivity contribution in [2.45, 2.75) is 32.7 Å². The highest BCUT2D eigenvalue weighted by molar-refractivity contribution is 7.19. The second-order valence-electron chi connectivity index (χ2n) is 7.44. The molecule has 3 aromatic rings. The Kier molecular flexibility index (Phi) is 4.55. The molecule has 27 heavy (non-hydrogen) atoms. The van der Waals surface area contributed by atoms with Crippen LogP contribution in [0.25, 0.3) is 10.2 Å². The first-order valence-corrected chi connectivity index (χ1v) is 10.5. The monoisotopic (exact) mass is 382 g/mol. The normalized spacial score (nSPS) is 17.4. The Morgan fingerprint density at radius 2 is 1.93 bits per heavy atom. The molecule has 0 spiro atoms. The molecular weight excluding hydrogens is 358 g/mol. The Hall–Kier alpha value is -2.02. The first-order valence-electron chi connectivity index (χ1n) is 9.73. The van der Waals surface area contributed by atoms with E-state index in [1.165, 1.54) is 27.3 Å². The number of rotatable bonds is 4. The van der Waals surface area contributed by atoms with E-state index in [4.69, 9.17) is 19.4 Å². The maximum atomic E-state index is 6.28. The maximum Gasteiger partial charge on any atom is 0.231 e. The summed E-state index contributed by atoms with van der Waals surface area (Å²) < 4.78 is 11.8. The molecule has 1 aliphatic heterocycles. The van der Waals surface area contributed by atoms with Crippen LogP contribution in [0.4, 0.5) is 0 Å². The molecule has 0 atom stereocenters. The Balaban J connectivity index is 1.54. The predicted octanol–water partition coefficient (Wildman–Crippen LogP) is 2.70. The number of hydrogen-bond donors (Lipinski definition) is 1. The Morgan fingerprint density at radius 3 is 2.74 bits per heavy atom. The van der Waals surface area contributed by atoms with Gasteiger partial charge in [0.15, 0.2) is 5.82 Å². The average molecular weight is 383 g/mol. The molecule has 1 aromatic carbocycles. The second kappa shape index (κ2) is 7.19. The van der Waals surface area contributed by atoms with Gasteiger partial charge in [0.2, 0.25) is 5.88 Å². The number of quaternary nitrogens is 1. The molecule has 0 unspecified atom stereocenters. The van der Waals surface area contributed by atoms with Crippen LogP contribution >= 0.6 is 11.3 Å². The van der Waals surface area contributed by atoms with E-state index >= 15 is 0 Å². The molecular formula is C21H24N3O2S+. The van der Waals surface area contributed by atoms with E-state index in [2.05, 4.69) is 19.1 Å². The van der Waals surface area contributed by atoms with Gasteiger partial charge in [-0.2, -0.15) is 4.98 Å². The van der Waals surface area contributed by atoms with Crippen molar-refractivity contribution in [3.8, 4) is 11.6 Å². The van der Waals surface area contributed by atoms with Gasteiger partial charge in [0.1, 0.15) is 30.2 Å². The van der Waals surface area contributed by atoms with Crippen LogP contribution in [0.2, 0.25) is 0 Å². The molecule has 1 aliphatic carbocycles. The largest absolute Gasteiger partial charge is 0.438 e. The fraction of sp³-hybridized carbons (Fsp3) is 0.429. The number of aromatic nitrogens is 2. The third-order valence-corrected chi connectivity index (χ3v) is 6.61. The van der Waals surface area contributed by atoms with Gasteiger partial charge in [0.05, 0.1) is 18.6 Å². The lowest BCUT2D eigenvalue weighted by Gasteiger charge is -2.23. The topological polar surface area (TPSA) is 48.7 Å². The molecule has 2 aliphatic rings. The standard InChI is InChI=1S/C21H23N3O2S/c1-14-5-7-15(8-6-14)26-20-19-16-3-2-4-17(16)27-21(19)23-18(22-20)13-24-9-11-25-12-10-24/h5-8H,2-4,9-13H2,1H3/p+1. The van der Waals surface area contributed by atoms with E-state index in [1.54, 1.807) is 0 Å². The average Bonchev–Trinajstić information content (AvgIpc) is 3.25. The van der Waals surface area contributed by atoms with Gasteiger partial charge >= 0.3 is 0 Å². The van der Waals surface area contributed by atoms with Crippen molar-refractivity contribution in [1.82, 2.24) is 9.97 Å². The van der Waals surface area contributed by atoms with E-state index in [0.717, 1.165) is 73.4 Å². The Labute approximate surface area is 163 Å². The summed E-state index contributed by atoms with van der Waals surface area (Å²) in [5, 5.41) is 1.13. The molecule has 140 valence electrons. The van der Waals surface area contributed by atoms with Crippen LogP contribution in [0.3, 0.4) is 0 Å². The summed E-state index contributed by atoms with van der Waals surface area (Å²) in [5.74, 6) is 2.44. The summed E-state index contributed by atoms with van der Waals surface area (Å²) in [6.07, 6.45) is 3.49. The fourth-order valence-electron chi connectivity index (χ4n) is 3.94. The quantitative estimate of drug-likeness (QED) is 0.754. The van der Waals surface area contributed by atoms with Gasteiger partial charge in [0.25, 0.3) is 0 Å².